The standard InChI is InChI=1S/C13H13NO4S/c1-8-12(13(15)16)19-11(14-8)7-18-10-5-3-4-9(6-10)17-2/h3-6H,7H2,1-2H3,(H,15,16). The molecule has 0 saturated carbocycles. The van der Waals surface area contributed by atoms with Gasteiger partial charge in [0, 0.05) is 6.07 Å². The number of carboxylic acid groups (broad SMARTS) is 1. The zero-order valence-electron chi connectivity index (χ0n) is 10.5. The Hall–Kier alpha value is -2.08. The number of aromatic nitrogens is 1. The summed E-state index contributed by atoms with van der Waals surface area (Å²) < 4.78 is 10.6. The van der Waals surface area contributed by atoms with Crippen LogP contribution in [0.4, 0.5) is 0 Å². The predicted octanol–water partition coefficient (Wildman–Crippen LogP) is 2.74. The lowest BCUT2D eigenvalue weighted by atomic mass is 10.3. The minimum Gasteiger partial charge on any atom is -0.497 e. The van der Waals surface area contributed by atoms with Gasteiger partial charge in [0.05, 0.1) is 12.8 Å². The van der Waals surface area contributed by atoms with Gasteiger partial charge in [0.25, 0.3) is 0 Å². The van der Waals surface area contributed by atoms with Crippen LogP contribution in [0.3, 0.4) is 0 Å². The summed E-state index contributed by atoms with van der Waals surface area (Å²) in [6, 6.07) is 7.21. The highest BCUT2D eigenvalue weighted by molar-refractivity contribution is 7.13. The third kappa shape index (κ3) is 3.23. The Kier molecular flexibility index (Phi) is 4.01. The van der Waals surface area contributed by atoms with Gasteiger partial charge in [-0.3, -0.25) is 0 Å². The van der Waals surface area contributed by atoms with Crippen molar-refractivity contribution in [3.8, 4) is 11.5 Å². The van der Waals surface area contributed by atoms with Crippen LogP contribution in [0, 0.1) is 6.92 Å². The zero-order chi connectivity index (χ0) is 13.8. The van der Waals surface area contributed by atoms with Gasteiger partial charge in [-0.25, -0.2) is 9.78 Å². The fourth-order valence-corrected chi connectivity index (χ4v) is 2.37. The largest absolute Gasteiger partial charge is 0.497 e. The highest BCUT2D eigenvalue weighted by Crippen LogP contribution is 2.22. The number of aryl methyl sites for hydroxylation is 1. The minimum absolute atomic E-state index is 0.242. The summed E-state index contributed by atoms with van der Waals surface area (Å²) in [7, 11) is 1.59. The first-order valence-electron chi connectivity index (χ1n) is 5.56. The summed E-state index contributed by atoms with van der Waals surface area (Å²) >= 11 is 1.13. The predicted molar refractivity (Wildman–Crippen MR) is 71.1 cm³/mol. The molecule has 1 aromatic carbocycles. The van der Waals surface area contributed by atoms with Crippen molar-refractivity contribution in [1.29, 1.82) is 0 Å². The summed E-state index contributed by atoms with van der Waals surface area (Å²) in [6.45, 7) is 1.92. The Morgan fingerprint density at radius 1 is 1.42 bits per heavy atom. The van der Waals surface area contributed by atoms with Crippen molar-refractivity contribution in [1.82, 2.24) is 4.98 Å². The number of carbonyl (C=O) groups is 1. The Bertz CT molecular complexity index is 594. The van der Waals surface area contributed by atoms with Gasteiger partial charge in [-0.1, -0.05) is 6.07 Å². The number of hydrogen-bond acceptors (Lipinski definition) is 5. The molecule has 0 aliphatic heterocycles. The molecule has 1 N–H and O–H groups in total. The van der Waals surface area contributed by atoms with E-state index in [1.807, 2.05) is 12.1 Å². The van der Waals surface area contributed by atoms with Gasteiger partial charge in [0.2, 0.25) is 0 Å². The molecule has 19 heavy (non-hydrogen) atoms. The maximum atomic E-state index is 10.9. The molecule has 1 aromatic heterocycles. The monoisotopic (exact) mass is 279 g/mol. The van der Waals surface area contributed by atoms with E-state index in [-0.39, 0.29) is 11.5 Å². The topological polar surface area (TPSA) is 68.7 Å². The van der Waals surface area contributed by atoms with E-state index >= 15 is 0 Å². The molecule has 2 rings (SSSR count). The normalized spacial score (nSPS) is 10.2. The number of aromatic carboxylic acids is 1. The second-order valence-electron chi connectivity index (χ2n) is 3.79. The third-order valence-corrected chi connectivity index (χ3v) is 3.56. The van der Waals surface area contributed by atoms with Crippen molar-refractivity contribution in [2.45, 2.75) is 13.5 Å². The lowest BCUT2D eigenvalue weighted by Gasteiger charge is -2.05. The summed E-state index contributed by atoms with van der Waals surface area (Å²) in [5, 5.41) is 9.58. The van der Waals surface area contributed by atoms with Gasteiger partial charge >= 0.3 is 5.97 Å². The summed E-state index contributed by atoms with van der Waals surface area (Å²) in [5.74, 6) is 0.408. The van der Waals surface area contributed by atoms with E-state index in [1.165, 1.54) is 0 Å². The lowest BCUT2D eigenvalue weighted by molar-refractivity contribution is 0.0701. The highest BCUT2D eigenvalue weighted by Gasteiger charge is 2.14. The molecule has 0 saturated heterocycles. The van der Waals surface area contributed by atoms with E-state index in [9.17, 15) is 4.79 Å². The summed E-state index contributed by atoms with van der Waals surface area (Å²) in [6.07, 6.45) is 0. The molecule has 0 aliphatic rings. The average molecular weight is 279 g/mol. The van der Waals surface area contributed by atoms with E-state index in [2.05, 4.69) is 4.98 Å². The van der Waals surface area contributed by atoms with Crippen molar-refractivity contribution >= 4 is 17.3 Å². The van der Waals surface area contributed by atoms with Crippen molar-refractivity contribution in [3.63, 3.8) is 0 Å². The smallest absolute Gasteiger partial charge is 0.347 e. The SMILES string of the molecule is COc1cccc(OCc2nc(C)c(C(=O)O)s2)c1. The molecule has 0 bridgehead atoms. The number of hydrogen-bond donors (Lipinski definition) is 1. The average Bonchev–Trinajstić information content (AvgIpc) is 2.78. The van der Waals surface area contributed by atoms with E-state index in [1.54, 1.807) is 26.2 Å². The first kappa shape index (κ1) is 13.4. The molecule has 0 atom stereocenters. The van der Waals surface area contributed by atoms with Crippen LogP contribution in [-0.4, -0.2) is 23.2 Å². The molecule has 0 unspecified atom stereocenters. The number of nitrogens with zero attached hydrogens (tertiary/aromatic N) is 1. The molecule has 100 valence electrons. The fourth-order valence-electron chi connectivity index (χ4n) is 1.55. The quantitative estimate of drug-likeness (QED) is 0.911. The number of benzene rings is 1. The molecule has 1 heterocycles. The highest BCUT2D eigenvalue weighted by atomic mass is 32.1. The molecular weight excluding hydrogens is 266 g/mol. The van der Waals surface area contributed by atoms with Gasteiger partial charge in [0.1, 0.15) is 28.0 Å². The fraction of sp³-hybridized carbons (Fsp3) is 0.231. The van der Waals surface area contributed by atoms with E-state index in [4.69, 9.17) is 14.6 Å². The van der Waals surface area contributed by atoms with Gasteiger partial charge in [-0.2, -0.15) is 0 Å². The van der Waals surface area contributed by atoms with Crippen LogP contribution in [0.1, 0.15) is 20.4 Å². The molecule has 6 heteroatoms. The molecule has 0 aliphatic carbocycles. The van der Waals surface area contributed by atoms with Crippen LogP contribution in [-0.2, 0) is 6.61 Å². The number of thiazole rings is 1. The number of ether oxygens (including phenoxy) is 2. The molecular formula is C13H13NO4S. The maximum absolute atomic E-state index is 10.9. The molecule has 0 amide bonds. The van der Waals surface area contributed by atoms with Gasteiger partial charge < -0.3 is 14.6 Å². The van der Waals surface area contributed by atoms with E-state index < -0.39 is 5.97 Å². The minimum atomic E-state index is -0.956. The summed E-state index contributed by atoms with van der Waals surface area (Å²) in [5.41, 5.74) is 0.516. The molecule has 5 nitrogen and oxygen atoms in total. The molecule has 2 aromatic rings. The van der Waals surface area contributed by atoms with Gasteiger partial charge in [-0.05, 0) is 19.1 Å². The third-order valence-electron chi connectivity index (χ3n) is 2.44. The van der Waals surface area contributed by atoms with E-state index in [0.29, 0.717) is 22.2 Å². The van der Waals surface area contributed by atoms with Crippen LogP contribution in [0.5, 0.6) is 11.5 Å². The van der Waals surface area contributed by atoms with Crippen molar-refractivity contribution in [3.05, 3.63) is 39.8 Å². The van der Waals surface area contributed by atoms with Crippen LogP contribution in [0.25, 0.3) is 0 Å². The number of rotatable bonds is 5. The summed E-state index contributed by atoms with van der Waals surface area (Å²) in [4.78, 5) is 15.3. The second kappa shape index (κ2) is 5.71. The Balaban J connectivity index is 2.06. The van der Waals surface area contributed by atoms with Crippen molar-refractivity contribution in [2.75, 3.05) is 7.11 Å². The maximum Gasteiger partial charge on any atom is 0.347 e. The van der Waals surface area contributed by atoms with Crippen LogP contribution in [0.15, 0.2) is 24.3 Å². The Morgan fingerprint density at radius 2 is 2.16 bits per heavy atom. The van der Waals surface area contributed by atoms with Gasteiger partial charge in [-0.15, -0.1) is 11.3 Å². The Labute approximate surface area is 114 Å². The first-order chi connectivity index (χ1) is 9.10. The number of carboxylic acids is 1. The first-order valence-corrected chi connectivity index (χ1v) is 6.38. The van der Waals surface area contributed by atoms with Gasteiger partial charge in [0.15, 0.2) is 0 Å². The second-order valence-corrected chi connectivity index (χ2v) is 4.88. The molecule has 0 radical (unpaired) electrons. The van der Waals surface area contributed by atoms with Crippen LogP contribution < -0.4 is 9.47 Å². The van der Waals surface area contributed by atoms with Crippen LogP contribution in [0.2, 0.25) is 0 Å². The molecule has 0 fully saturated rings. The Morgan fingerprint density at radius 3 is 2.79 bits per heavy atom. The van der Waals surface area contributed by atoms with Crippen molar-refractivity contribution in [2.24, 2.45) is 0 Å². The van der Waals surface area contributed by atoms with Crippen molar-refractivity contribution < 1.29 is 19.4 Å². The zero-order valence-corrected chi connectivity index (χ0v) is 11.4. The molecule has 0 spiro atoms. The van der Waals surface area contributed by atoms with Crippen LogP contribution >= 0.6 is 11.3 Å². The number of methoxy groups -OCH3 is 1. The lowest BCUT2D eigenvalue weighted by Crippen LogP contribution is -1.95. The van der Waals surface area contributed by atoms with E-state index in [0.717, 1.165) is 11.3 Å².